The van der Waals surface area contributed by atoms with Crippen LogP contribution in [0.3, 0.4) is 0 Å². The van der Waals surface area contributed by atoms with E-state index in [2.05, 4.69) is 11.9 Å². The highest BCUT2D eigenvalue weighted by atomic mass is 16.5. The van der Waals surface area contributed by atoms with Crippen LogP contribution in [0.1, 0.15) is 51.4 Å². The fourth-order valence-corrected chi connectivity index (χ4v) is 4.28. The zero-order valence-corrected chi connectivity index (χ0v) is 12.1. The Labute approximate surface area is 116 Å². The number of rotatable bonds is 3. The molecule has 3 heterocycles. The number of piperidine rings is 2. The highest BCUT2D eigenvalue weighted by Crippen LogP contribution is 2.37. The minimum absolute atomic E-state index is 0.356. The van der Waals surface area contributed by atoms with Crippen LogP contribution in [0, 0.1) is 11.8 Å². The van der Waals surface area contributed by atoms with Gasteiger partial charge in [0, 0.05) is 37.6 Å². The first-order valence-electron chi connectivity index (χ1n) is 8.06. The van der Waals surface area contributed by atoms with E-state index in [0.29, 0.717) is 29.7 Å². The maximum absolute atomic E-state index is 12.5. The standard InChI is InChI=1S/C16H27NO2/c1-17-14-3-2-4-15(17)11-13(10-14)16(18)9-12-5-7-19-8-6-12/h12-15H,2-11H2,1H3. The maximum Gasteiger partial charge on any atom is 0.136 e. The van der Waals surface area contributed by atoms with Crippen LogP contribution in [0.2, 0.25) is 0 Å². The lowest BCUT2D eigenvalue weighted by atomic mass is 9.75. The molecular formula is C16H27NO2. The van der Waals surface area contributed by atoms with Gasteiger partial charge in [0.1, 0.15) is 5.78 Å². The van der Waals surface area contributed by atoms with Gasteiger partial charge in [-0.25, -0.2) is 0 Å². The third kappa shape index (κ3) is 3.03. The van der Waals surface area contributed by atoms with Gasteiger partial charge in [-0.3, -0.25) is 4.79 Å². The second-order valence-electron chi connectivity index (χ2n) is 6.80. The van der Waals surface area contributed by atoms with Gasteiger partial charge >= 0.3 is 0 Å². The highest BCUT2D eigenvalue weighted by Gasteiger charge is 2.38. The van der Waals surface area contributed by atoms with E-state index >= 15 is 0 Å². The van der Waals surface area contributed by atoms with Crippen LogP contribution in [0.4, 0.5) is 0 Å². The van der Waals surface area contributed by atoms with Crippen molar-refractivity contribution in [2.75, 3.05) is 20.3 Å². The molecule has 0 N–H and O–H groups in total. The molecule has 0 spiro atoms. The number of nitrogens with zero attached hydrogens (tertiary/aromatic N) is 1. The molecule has 0 radical (unpaired) electrons. The van der Waals surface area contributed by atoms with E-state index in [1.165, 1.54) is 19.3 Å². The summed E-state index contributed by atoms with van der Waals surface area (Å²) >= 11 is 0. The van der Waals surface area contributed by atoms with Crippen molar-refractivity contribution < 1.29 is 9.53 Å². The monoisotopic (exact) mass is 265 g/mol. The summed E-state index contributed by atoms with van der Waals surface area (Å²) in [5.41, 5.74) is 0. The van der Waals surface area contributed by atoms with Gasteiger partial charge in [0.2, 0.25) is 0 Å². The average Bonchev–Trinajstić information content (AvgIpc) is 2.39. The second-order valence-corrected chi connectivity index (χ2v) is 6.80. The molecule has 108 valence electrons. The second kappa shape index (κ2) is 5.92. The first-order chi connectivity index (χ1) is 9.24. The summed E-state index contributed by atoms with van der Waals surface area (Å²) in [5.74, 6) is 1.51. The molecule has 3 fully saturated rings. The first-order valence-corrected chi connectivity index (χ1v) is 8.06. The molecule has 2 bridgehead atoms. The molecule has 0 aromatic heterocycles. The molecule has 19 heavy (non-hydrogen) atoms. The van der Waals surface area contributed by atoms with Crippen molar-refractivity contribution in [1.82, 2.24) is 4.90 Å². The number of Topliss-reactive ketones (excluding diaryl/α,β-unsaturated/α-hetero) is 1. The number of ether oxygens (including phenoxy) is 1. The van der Waals surface area contributed by atoms with Crippen molar-refractivity contribution in [1.29, 1.82) is 0 Å². The molecule has 3 heteroatoms. The van der Waals surface area contributed by atoms with Gasteiger partial charge in [-0.2, -0.15) is 0 Å². The van der Waals surface area contributed by atoms with Crippen molar-refractivity contribution in [2.24, 2.45) is 11.8 Å². The SMILES string of the molecule is CN1C2CCCC1CC(C(=O)CC1CCOCC1)C2. The van der Waals surface area contributed by atoms with Crippen molar-refractivity contribution in [2.45, 2.75) is 63.5 Å². The Balaban J connectivity index is 1.55. The number of hydrogen-bond acceptors (Lipinski definition) is 3. The minimum atomic E-state index is 0.356. The fraction of sp³-hybridized carbons (Fsp3) is 0.938. The average molecular weight is 265 g/mol. The smallest absolute Gasteiger partial charge is 0.136 e. The molecule has 0 amide bonds. The Morgan fingerprint density at radius 2 is 1.74 bits per heavy atom. The molecule has 3 saturated heterocycles. The number of hydrogen-bond donors (Lipinski definition) is 0. The molecular weight excluding hydrogens is 238 g/mol. The molecule has 3 nitrogen and oxygen atoms in total. The number of fused-ring (bicyclic) bond motifs is 2. The van der Waals surface area contributed by atoms with Crippen LogP contribution in [0.5, 0.6) is 0 Å². The van der Waals surface area contributed by atoms with Crippen LogP contribution in [-0.4, -0.2) is 43.0 Å². The third-order valence-electron chi connectivity index (χ3n) is 5.63. The predicted molar refractivity (Wildman–Crippen MR) is 75.1 cm³/mol. The zero-order chi connectivity index (χ0) is 13.2. The van der Waals surface area contributed by atoms with Gasteiger partial charge in [0.15, 0.2) is 0 Å². The van der Waals surface area contributed by atoms with Gasteiger partial charge in [0.25, 0.3) is 0 Å². The maximum atomic E-state index is 12.5. The molecule has 0 saturated carbocycles. The van der Waals surface area contributed by atoms with E-state index in [1.807, 2.05) is 0 Å². The van der Waals surface area contributed by atoms with Crippen LogP contribution in [-0.2, 0) is 9.53 Å². The molecule has 2 atom stereocenters. The van der Waals surface area contributed by atoms with Gasteiger partial charge in [-0.05, 0) is 51.5 Å². The fourth-order valence-electron chi connectivity index (χ4n) is 4.28. The molecule has 3 rings (SSSR count). The number of carbonyl (C=O) groups is 1. The highest BCUT2D eigenvalue weighted by molar-refractivity contribution is 5.81. The normalized spacial score (nSPS) is 37.2. The Hall–Kier alpha value is -0.410. The summed E-state index contributed by atoms with van der Waals surface area (Å²) < 4.78 is 5.38. The van der Waals surface area contributed by atoms with Gasteiger partial charge < -0.3 is 9.64 Å². The van der Waals surface area contributed by atoms with Crippen molar-refractivity contribution in [3.8, 4) is 0 Å². The van der Waals surface area contributed by atoms with Crippen molar-refractivity contribution >= 4 is 5.78 Å². The van der Waals surface area contributed by atoms with E-state index in [9.17, 15) is 4.79 Å². The summed E-state index contributed by atoms with van der Waals surface area (Å²) in [7, 11) is 2.26. The van der Waals surface area contributed by atoms with Gasteiger partial charge in [-0.15, -0.1) is 0 Å². The Kier molecular flexibility index (Phi) is 4.23. The Morgan fingerprint density at radius 3 is 2.37 bits per heavy atom. The first kappa shape index (κ1) is 13.6. The van der Waals surface area contributed by atoms with Crippen molar-refractivity contribution in [3.05, 3.63) is 0 Å². The number of ketones is 1. The van der Waals surface area contributed by atoms with Crippen LogP contribution in [0.25, 0.3) is 0 Å². The summed E-state index contributed by atoms with van der Waals surface area (Å²) in [5, 5.41) is 0. The van der Waals surface area contributed by atoms with Crippen LogP contribution < -0.4 is 0 Å². The van der Waals surface area contributed by atoms with Crippen LogP contribution in [0.15, 0.2) is 0 Å². The van der Waals surface area contributed by atoms with Gasteiger partial charge in [0.05, 0.1) is 0 Å². The van der Waals surface area contributed by atoms with E-state index in [4.69, 9.17) is 4.74 Å². The molecule has 3 aliphatic rings. The summed E-state index contributed by atoms with van der Waals surface area (Å²) in [4.78, 5) is 15.1. The Bertz CT molecular complexity index is 311. The van der Waals surface area contributed by atoms with Crippen molar-refractivity contribution in [3.63, 3.8) is 0 Å². The molecule has 0 aromatic carbocycles. The Morgan fingerprint density at radius 1 is 1.11 bits per heavy atom. The minimum Gasteiger partial charge on any atom is -0.381 e. The lowest BCUT2D eigenvalue weighted by Gasteiger charge is -2.46. The topological polar surface area (TPSA) is 29.5 Å². The number of carbonyl (C=O) groups excluding carboxylic acids is 1. The molecule has 3 aliphatic heterocycles. The van der Waals surface area contributed by atoms with Crippen LogP contribution >= 0.6 is 0 Å². The lowest BCUT2D eigenvalue weighted by molar-refractivity contribution is -0.128. The largest absolute Gasteiger partial charge is 0.381 e. The quantitative estimate of drug-likeness (QED) is 0.785. The summed E-state index contributed by atoms with van der Waals surface area (Å²) in [6.07, 6.45) is 9.19. The zero-order valence-electron chi connectivity index (χ0n) is 12.1. The van der Waals surface area contributed by atoms with Gasteiger partial charge in [-0.1, -0.05) is 6.42 Å². The molecule has 0 aliphatic carbocycles. The summed E-state index contributed by atoms with van der Waals surface area (Å²) in [6, 6.07) is 1.35. The lowest BCUT2D eigenvalue weighted by Crippen LogP contribution is -2.51. The molecule has 2 unspecified atom stereocenters. The van der Waals surface area contributed by atoms with E-state index in [-0.39, 0.29) is 0 Å². The van der Waals surface area contributed by atoms with E-state index in [1.54, 1.807) is 0 Å². The van der Waals surface area contributed by atoms with E-state index < -0.39 is 0 Å². The third-order valence-corrected chi connectivity index (χ3v) is 5.63. The predicted octanol–water partition coefficient (Wildman–Crippen LogP) is 2.64. The molecule has 0 aromatic rings. The van der Waals surface area contributed by atoms with E-state index in [0.717, 1.165) is 45.3 Å². The summed E-state index contributed by atoms with van der Waals surface area (Å²) in [6.45, 7) is 1.72.